The molecule has 0 unspecified atom stereocenters. The fourth-order valence-corrected chi connectivity index (χ4v) is 3.68. The van der Waals surface area contributed by atoms with Crippen LogP contribution in [0.5, 0.6) is 0 Å². The Morgan fingerprint density at radius 1 is 1.00 bits per heavy atom. The standard InChI is InChI=1S/C20H26N2O3S/c1-5-16-8-7-9-17(6-2)20(16)21-19(23)14-22(26(4,24)25)18-12-10-15(3)11-13-18/h7-13H,5-6,14H2,1-4H3,(H,21,23). The fourth-order valence-electron chi connectivity index (χ4n) is 2.82. The number of nitrogens with one attached hydrogen (secondary N) is 1. The van der Waals surface area contributed by atoms with Crippen molar-refractivity contribution in [3.8, 4) is 0 Å². The molecule has 2 aromatic carbocycles. The lowest BCUT2D eigenvalue weighted by atomic mass is 10.0. The summed E-state index contributed by atoms with van der Waals surface area (Å²) in [6, 6.07) is 13.0. The third-order valence-corrected chi connectivity index (χ3v) is 5.41. The number of carbonyl (C=O) groups excluding carboxylic acids is 1. The van der Waals surface area contributed by atoms with Gasteiger partial charge in [-0.15, -0.1) is 0 Å². The highest BCUT2D eigenvalue weighted by Crippen LogP contribution is 2.23. The lowest BCUT2D eigenvalue weighted by Crippen LogP contribution is -2.37. The van der Waals surface area contributed by atoms with E-state index in [9.17, 15) is 13.2 Å². The molecule has 0 saturated heterocycles. The summed E-state index contributed by atoms with van der Waals surface area (Å²) in [4.78, 5) is 12.6. The van der Waals surface area contributed by atoms with Crippen LogP contribution in [-0.2, 0) is 27.7 Å². The van der Waals surface area contributed by atoms with Gasteiger partial charge < -0.3 is 5.32 Å². The maximum absolute atomic E-state index is 12.6. The average Bonchev–Trinajstić information content (AvgIpc) is 2.60. The maximum atomic E-state index is 12.6. The van der Waals surface area contributed by atoms with E-state index in [1.807, 2.05) is 51.1 Å². The molecule has 0 aliphatic heterocycles. The van der Waals surface area contributed by atoms with Gasteiger partial charge in [-0.05, 0) is 43.0 Å². The summed E-state index contributed by atoms with van der Waals surface area (Å²) < 4.78 is 25.5. The molecule has 0 fully saturated rings. The van der Waals surface area contributed by atoms with E-state index in [-0.39, 0.29) is 12.5 Å². The maximum Gasteiger partial charge on any atom is 0.245 e. The Balaban J connectivity index is 2.28. The highest BCUT2D eigenvalue weighted by Gasteiger charge is 2.21. The SMILES string of the molecule is CCc1cccc(CC)c1NC(=O)CN(c1ccc(C)cc1)S(C)(=O)=O. The van der Waals surface area contributed by atoms with Crippen LogP contribution in [-0.4, -0.2) is 27.1 Å². The summed E-state index contributed by atoms with van der Waals surface area (Å²) in [6.45, 7) is 5.72. The van der Waals surface area contributed by atoms with Gasteiger partial charge in [0.15, 0.2) is 0 Å². The second-order valence-electron chi connectivity index (χ2n) is 6.31. The predicted molar refractivity (Wildman–Crippen MR) is 107 cm³/mol. The van der Waals surface area contributed by atoms with Crippen molar-refractivity contribution in [3.63, 3.8) is 0 Å². The lowest BCUT2D eigenvalue weighted by Gasteiger charge is -2.23. The number of carbonyl (C=O) groups is 1. The number of hydrogen-bond donors (Lipinski definition) is 1. The summed E-state index contributed by atoms with van der Waals surface area (Å²) in [6.07, 6.45) is 2.69. The summed E-state index contributed by atoms with van der Waals surface area (Å²) in [5, 5.41) is 2.92. The van der Waals surface area contributed by atoms with E-state index < -0.39 is 10.0 Å². The van der Waals surface area contributed by atoms with E-state index >= 15 is 0 Å². The Kier molecular flexibility index (Phi) is 6.42. The first kappa shape index (κ1) is 20.0. The van der Waals surface area contributed by atoms with E-state index in [2.05, 4.69) is 5.32 Å². The largest absolute Gasteiger partial charge is 0.324 e. The number of aryl methyl sites for hydroxylation is 3. The summed E-state index contributed by atoms with van der Waals surface area (Å²) in [5.74, 6) is -0.355. The van der Waals surface area contributed by atoms with Crippen LogP contribution in [0.4, 0.5) is 11.4 Å². The molecule has 0 spiro atoms. The van der Waals surface area contributed by atoms with Crippen LogP contribution in [0, 0.1) is 6.92 Å². The van der Waals surface area contributed by atoms with Crippen LogP contribution in [0.2, 0.25) is 0 Å². The Labute approximate surface area is 156 Å². The van der Waals surface area contributed by atoms with Gasteiger partial charge in [0.05, 0.1) is 11.9 Å². The Hall–Kier alpha value is -2.34. The molecule has 0 aliphatic rings. The number of rotatable bonds is 7. The molecule has 2 rings (SSSR count). The molecule has 6 heteroatoms. The molecular weight excluding hydrogens is 348 g/mol. The minimum Gasteiger partial charge on any atom is -0.324 e. The van der Waals surface area contributed by atoms with E-state index in [0.29, 0.717) is 5.69 Å². The van der Waals surface area contributed by atoms with Gasteiger partial charge in [-0.25, -0.2) is 8.42 Å². The third kappa shape index (κ3) is 4.85. The van der Waals surface area contributed by atoms with Crippen molar-refractivity contribution >= 4 is 27.3 Å². The molecule has 0 aliphatic carbocycles. The minimum absolute atomic E-state index is 0.261. The van der Waals surface area contributed by atoms with Crippen molar-refractivity contribution in [3.05, 3.63) is 59.2 Å². The predicted octanol–water partition coefficient (Wildman–Crippen LogP) is 3.52. The zero-order valence-corrected chi connectivity index (χ0v) is 16.6. The van der Waals surface area contributed by atoms with Crippen LogP contribution in [0.25, 0.3) is 0 Å². The van der Waals surface area contributed by atoms with Gasteiger partial charge in [0.2, 0.25) is 15.9 Å². The Bertz CT molecular complexity index is 852. The topological polar surface area (TPSA) is 66.5 Å². The Morgan fingerprint density at radius 2 is 1.54 bits per heavy atom. The van der Waals surface area contributed by atoms with Crippen molar-refractivity contribution in [1.29, 1.82) is 0 Å². The smallest absolute Gasteiger partial charge is 0.245 e. The zero-order valence-electron chi connectivity index (χ0n) is 15.7. The first-order chi connectivity index (χ1) is 12.3. The van der Waals surface area contributed by atoms with Crippen LogP contribution < -0.4 is 9.62 Å². The normalized spacial score (nSPS) is 11.2. The van der Waals surface area contributed by atoms with Crippen molar-refractivity contribution in [2.75, 3.05) is 22.4 Å². The van der Waals surface area contributed by atoms with Gasteiger partial charge in [0, 0.05) is 5.69 Å². The van der Waals surface area contributed by atoms with Crippen LogP contribution >= 0.6 is 0 Å². The van der Waals surface area contributed by atoms with Gasteiger partial charge in [-0.2, -0.15) is 0 Å². The van der Waals surface area contributed by atoms with E-state index in [1.165, 1.54) is 0 Å². The quantitative estimate of drug-likeness (QED) is 0.806. The number of anilines is 2. The molecule has 0 atom stereocenters. The van der Waals surface area contributed by atoms with Crippen LogP contribution in [0.3, 0.4) is 0 Å². The highest BCUT2D eigenvalue weighted by molar-refractivity contribution is 7.92. The molecule has 26 heavy (non-hydrogen) atoms. The van der Waals surface area contributed by atoms with Gasteiger partial charge in [0.25, 0.3) is 0 Å². The van der Waals surface area contributed by atoms with Crippen molar-refractivity contribution in [2.24, 2.45) is 0 Å². The fraction of sp³-hybridized carbons (Fsp3) is 0.350. The van der Waals surface area contributed by atoms with Crippen LogP contribution in [0.15, 0.2) is 42.5 Å². The minimum atomic E-state index is -3.58. The van der Waals surface area contributed by atoms with E-state index in [0.717, 1.165) is 45.8 Å². The molecule has 0 saturated carbocycles. The van der Waals surface area contributed by atoms with Crippen molar-refractivity contribution in [1.82, 2.24) is 0 Å². The van der Waals surface area contributed by atoms with Crippen molar-refractivity contribution < 1.29 is 13.2 Å². The molecule has 0 bridgehead atoms. The van der Waals surface area contributed by atoms with Gasteiger partial charge in [-0.3, -0.25) is 9.10 Å². The van der Waals surface area contributed by atoms with E-state index in [4.69, 9.17) is 0 Å². The molecule has 0 heterocycles. The molecule has 0 radical (unpaired) electrons. The molecule has 140 valence electrons. The molecule has 5 nitrogen and oxygen atoms in total. The zero-order chi connectivity index (χ0) is 19.3. The number of amides is 1. The Morgan fingerprint density at radius 3 is 2.00 bits per heavy atom. The molecule has 2 aromatic rings. The van der Waals surface area contributed by atoms with E-state index in [1.54, 1.807) is 12.1 Å². The number of hydrogen-bond acceptors (Lipinski definition) is 3. The second-order valence-corrected chi connectivity index (χ2v) is 8.22. The summed E-state index contributed by atoms with van der Waals surface area (Å²) in [5.41, 5.74) is 4.38. The number of benzene rings is 2. The average molecular weight is 375 g/mol. The van der Waals surface area contributed by atoms with Crippen molar-refractivity contribution in [2.45, 2.75) is 33.6 Å². The molecule has 1 N–H and O–H groups in total. The third-order valence-electron chi connectivity index (χ3n) is 4.27. The monoisotopic (exact) mass is 374 g/mol. The second kappa shape index (κ2) is 8.36. The summed E-state index contributed by atoms with van der Waals surface area (Å²) in [7, 11) is -3.58. The first-order valence-electron chi connectivity index (χ1n) is 8.71. The van der Waals surface area contributed by atoms with Crippen LogP contribution in [0.1, 0.15) is 30.5 Å². The van der Waals surface area contributed by atoms with Gasteiger partial charge in [0.1, 0.15) is 6.54 Å². The summed E-state index contributed by atoms with van der Waals surface area (Å²) >= 11 is 0. The number of para-hydroxylation sites is 1. The highest BCUT2D eigenvalue weighted by atomic mass is 32.2. The number of sulfonamides is 1. The lowest BCUT2D eigenvalue weighted by molar-refractivity contribution is -0.114. The first-order valence-corrected chi connectivity index (χ1v) is 10.6. The molecular formula is C20H26N2O3S. The van der Waals surface area contributed by atoms with Gasteiger partial charge >= 0.3 is 0 Å². The number of nitrogens with zero attached hydrogens (tertiary/aromatic N) is 1. The van der Waals surface area contributed by atoms with Gasteiger partial charge in [-0.1, -0.05) is 49.7 Å². The molecule has 1 amide bonds. The molecule has 0 aromatic heterocycles.